The van der Waals surface area contributed by atoms with E-state index >= 15 is 0 Å². The molecular formula is C25H33N5O9S2. The lowest BCUT2D eigenvalue weighted by Crippen LogP contribution is -2.71. The lowest BCUT2D eigenvalue weighted by molar-refractivity contribution is -0.160. The highest BCUT2D eigenvalue weighted by atomic mass is 32.2. The normalized spacial score (nSPS) is 19.1. The first-order valence-corrected chi connectivity index (χ1v) is 14.4. The molecule has 0 bridgehead atoms. The number of thioether (sulfide) groups is 1. The number of thiazole rings is 1. The number of nitrogens with zero attached hydrogens (tertiary/aromatic N) is 3. The van der Waals surface area contributed by atoms with E-state index in [9.17, 15) is 24.0 Å². The summed E-state index contributed by atoms with van der Waals surface area (Å²) in [5.74, 6) is -2.35. The van der Waals surface area contributed by atoms with Gasteiger partial charge in [-0.3, -0.25) is 19.3 Å². The van der Waals surface area contributed by atoms with Gasteiger partial charge in [0.2, 0.25) is 13.0 Å². The molecule has 14 nitrogen and oxygen atoms in total. The molecule has 3 rings (SSSR count). The highest BCUT2D eigenvalue weighted by molar-refractivity contribution is 8.00. The number of carbonyl (C=O) groups is 5. The van der Waals surface area contributed by atoms with Crippen LogP contribution in [-0.2, 0) is 43.0 Å². The van der Waals surface area contributed by atoms with E-state index in [1.807, 2.05) is 0 Å². The van der Waals surface area contributed by atoms with Gasteiger partial charge in [-0.05, 0) is 47.1 Å². The number of amides is 3. The van der Waals surface area contributed by atoms with E-state index in [4.69, 9.17) is 19.0 Å². The van der Waals surface area contributed by atoms with Crippen molar-refractivity contribution in [2.75, 3.05) is 31.4 Å². The van der Waals surface area contributed by atoms with E-state index in [2.05, 4.69) is 20.8 Å². The first-order valence-electron chi connectivity index (χ1n) is 12.4. The predicted molar refractivity (Wildman–Crippen MR) is 150 cm³/mol. The quantitative estimate of drug-likeness (QED) is 0.122. The van der Waals surface area contributed by atoms with Gasteiger partial charge in [-0.2, -0.15) is 0 Å². The standard InChI is InChI=1S/C25H33N5O9S2/c1-24(2,3)38-15(32)9-37-29-16(14-11-41-23(27-14)26-12-31)19(33)28-17-20(34)30-18(22(35)39-25(4,5)6)13(8-36-7)10-40-21(17)30/h11-12,17,21H,8-10H2,1-7H3,(H,28,33)(H,26,27,31)/b29-16-/t17?,21-/m1/s1. The summed E-state index contributed by atoms with van der Waals surface area (Å²) >= 11 is 2.38. The van der Waals surface area contributed by atoms with Crippen molar-refractivity contribution in [3.05, 3.63) is 22.3 Å². The molecule has 0 aliphatic carbocycles. The molecule has 1 aromatic heterocycles. The maximum atomic E-state index is 13.3. The monoisotopic (exact) mass is 611 g/mol. The third kappa shape index (κ3) is 8.27. The van der Waals surface area contributed by atoms with Gasteiger partial charge in [-0.1, -0.05) is 5.16 Å². The largest absolute Gasteiger partial charge is 0.457 e. The van der Waals surface area contributed by atoms with Crippen LogP contribution in [-0.4, -0.2) is 94.5 Å². The second-order valence-corrected chi connectivity index (χ2v) is 12.8. The van der Waals surface area contributed by atoms with Gasteiger partial charge in [0.05, 0.1) is 6.61 Å². The zero-order valence-corrected chi connectivity index (χ0v) is 25.4. The highest BCUT2D eigenvalue weighted by Crippen LogP contribution is 2.41. The Morgan fingerprint density at radius 3 is 2.46 bits per heavy atom. The number of anilines is 1. The molecule has 16 heteroatoms. The minimum absolute atomic E-state index is 0.0395. The van der Waals surface area contributed by atoms with Gasteiger partial charge in [0.25, 0.3) is 11.8 Å². The fourth-order valence-electron chi connectivity index (χ4n) is 3.72. The summed E-state index contributed by atoms with van der Waals surface area (Å²) in [6.07, 6.45) is 0.425. The molecule has 0 aromatic carbocycles. The summed E-state index contributed by atoms with van der Waals surface area (Å²) in [5, 5.41) is 9.84. The number of hydrogen-bond donors (Lipinski definition) is 2. The van der Waals surface area contributed by atoms with E-state index in [0.29, 0.717) is 17.7 Å². The SMILES string of the molecule is COCC1=C(C(=O)OC(C)(C)C)N2C(=O)C(NC(=O)/C(=N\OCC(=O)OC(C)(C)C)c3csc(NC=O)n3)[C@H]2SC1. The van der Waals surface area contributed by atoms with Crippen molar-refractivity contribution in [3.63, 3.8) is 0 Å². The van der Waals surface area contributed by atoms with Crippen LogP contribution < -0.4 is 10.6 Å². The summed E-state index contributed by atoms with van der Waals surface area (Å²) in [6.45, 7) is 9.77. The minimum Gasteiger partial charge on any atom is -0.457 e. The number of ether oxygens (including phenoxy) is 3. The number of carbonyl (C=O) groups excluding carboxylic acids is 5. The van der Waals surface area contributed by atoms with Gasteiger partial charge in [-0.15, -0.1) is 23.1 Å². The molecule has 1 unspecified atom stereocenters. The second kappa shape index (κ2) is 13.0. The summed E-state index contributed by atoms with van der Waals surface area (Å²) in [6, 6.07) is -1.00. The van der Waals surface area contributed by atoms with Gasteiger partial charge in [0.1, 0.15) is 34.0 Å². The van der Waals surface area contributed by atoms with E-state index in [1.54, 1.807) is 41.5 Å². The third-order valence-electron chi connectivity index (χ3n) is 5.15. The van der Waals surface area contributed by atoms with Gasteiger partial charge in [0.15, 0.2) is 10.8 Å². The summed E-state index contributed by atoms with van der Waals surface area (Å²) in [7, 11) is 1.48. The molecule has 2 aliphatic rings. The van der Waals surface area contributed by atoms with Crippen molar-refractivity contribution < 1.29 is 43.0 Å². The molecule has 41 heavy (non-hydrogen) atoms. The smallest absolute Gasteiger partial charge is 0.355 e. The average Bonchev–Trinajstić information content (AvgIpc) is 3.31. The van der Waals surface area contributed by atoms with Crippen molar-refractivity contribution in [2.24, 2.45) is 5.16 Å². The topological polar surface area (TPSA) is 175 Å². The molecule has 1 saturated heterocycles. The Hall–Kier alpha value is -3.50. The molecule has 3 amide bonds. The molecule has 224 valence electrons. The average molecular weight is 612 g/mol. The number of esters is 2. The van der Waals surface area contributed by atoms with Crippen molar-refractivity contribution >= 4 is 64.1 Å². The van der Waals surface area contributed by atoms with Crippen molar-refractivity contribution in [3.8, 4) is 0 Å². The van der Waals surface area contributed by atoms with Crippen LogP contribution in [0.25, 0.3) is 0 Å². The highest BCUT2D eigenvalue weighted by Gasteiger charge is 2.55. The number of β-lactam (4-membered cyclic amide) rings is 1. The van der Waals surface area contributed by atoms with Gasteiger partial charge >= 0.3 is 11.9 Å². The Bertz CT molecular complexity index is 1260. The fourth-order valence-corrected chi connectivity index (χ4v) is 5.70. The van der Waals surface area contributed by atoms with Crippen LogP contribution in [0.1, 0.15) is 47.2 Å². The minimum atomic E-state index is -1.00. The first kappa shape index (κ1) is 32.0. The number of nitrogens with one attached hydrogen (secondary N) is 2. The third-order valence-corrected chi connectivity index (χ3v) is 7.26. The van der Waals surface area contributed by atoms with Gasteiger partial charge < -0.3 is 29.7 Å². The van der Waals surface area contributed by atoms with Gasteiger partial charge in [-0.25, -0.2) is 14.6 Å². The van der Waals surface area contributed by atoms with Crippen LogP contribution in [0.2, 0.25) is 0 Å². The van der Waals surface area contributed by atoms with Crippen LogP contribution >= 0.6 is 23.1 Å². The molecule has 0 radical (unpaired) electrons. The molecule has 0 spiro atoms. The van der Waals surface area contributed by atoms with E-state index in [-0.39, 0.29) is 28.8 Å². The number of aromatic nitrogens is 1. The molecule has 2 aliphatic heterocycles. The molecule has 1 fully saturated rings. The Labute approximate surface area is 245 Å². The first-order chi connectivity index (χ1) is 19.1. The summed E-state index contributed by atoms with van der Waals surface area (Å²) in [4.78, 5) is 73.0. The fraction of sp³-hybridized carbons (Fsp3) is 0.560. The number of oxime groups is 1. The Morgan fingerprint density at radius 2 is 1.85 bits per heavy atom. The molecule has 2 N–H and O–H groups in total. The summed E-state index contributed by atoms with van der Waals surface area (Å²) < 4.78 is 15.9. The van der Waals surface area contributed by atoms with E-state index in [0.717, 1.165) is 11.3 Å². The molecule has 1 aromatic rings. The van der Waals surface area contributed by atoms with E-state index in [1.165, 1.54) is 29.2 Å². The molecule has 0 saturated carbocycles. The van der Waals surface area contributed by atoms with Crippen molar-refractivity contribution in [2.45, 2.75) is 64.2 Å². The zero-order chi connectivity index (χ0) is 30.5. The maximum Gasteiger partial charge on any atom is 0.355 e. The van der Waals surface area contributed by atoms with Crippen LogP contribution in [0.15, 0.2) is 21.8 Å². The summed E-state index contributed by atoms with van der Waals surface area (Å²) in [5.41, 5.74) is -1.15. The Kier molecular flexibility index (Phi) is 10.1. The lowest BCUT2D eigenvalue weighted by atomic mass is 10.0. The van der Waals surface area contributed by atoms with Crippen LogP contribution in [0.4, 0.5) is 5.13 Å². The number of methoxy groups -OCH3 is 1. The van der Waals surface area contributed by atoms with Crippen molar-refractivity contribution in [1.82, 2.24) is 15.2 Å². The van der Waals surface area contributed by atoms with Gasteiger partial charge in [0, 0.05) is 18.2 Å². The number of fused-ring (bicyclic) bond motifs is 1. The Balaban J connectivity index is 1.81. The predicted octanol–water partition coefficient (Wildman–Crippen LogP) is 1.42. The lowest BCUT2D eigenvalue weighted by Gasteiger charge is -2.49. The number of rotatable bonds is 11. The van der Waals surface area contributed by atoms with Crippen LogP contribution in [0.5, 0.6) is 0 Å². The maximum absolute atomic E-state index is 13.3. The van der Waals surface area contributed by atoms with Crippen LogP contribution in [0, 0.1) is 0 Å². The van der Waals surface area contributed by atoms with Crippen molar-refractivity contribution in [1.29, 1.82) is 0 Å². The molecule has 2 atom stereocenters. The molecule has 3 heterocycles. The molecular weight excluding hydrogens is 578 g/mol. The van der Waals surface area contributed by atoms with E-state index < -0.39 is 53.0 Å². The zero-order valence-electron chi connectivity index (χ0n) is 23.8. The van der Waals surface area contributed by atoms with Crippen LogP contribution in [0.3, 0.4) is 0 Å². The second-order valence-electron chi connectivity index (χ2n) is 10.8. The Morgan fingerprint density at radius 1 is 1.17 bits per heavy atom. The number of hydrogen-bond acceptors (Lipinski definition) is 13.